The molecule has 0 spiro atoms. The van der Waals surface area contributed by atoms with Gasteiger partial charge in [-0.2, -0.15) is 0 Å². The van der Waals surface area contributed by atoms with Gasteiger partial charge in [0.2, 0.25) is 5.91 Å². The lowest BCUT2D eigenvalue weighted by molar-refractivity contribution is -0.141. The predicted molar refractivity (Wildman–Crippen MR) is 70.2 cm³/mol. The Morgan fingerprint density at radius 1 is 1.53 bits per heavy atom. The molecule has 1 aromatic carbocycles. The molecule has 1 heterocycles. The van der Waals surface area contributed by atoms with E-state index in [9.17, 15) is 9.59 Å². The Bertz CT molecular complexity index is 512. The molecule has 100 valence electrons. The second-order valence-corrected chi connectivity index (χ2v) is 4.31. The lowest BCUT2D eigenvalue weighted by atomic mass is 10.1. The van der Waals surface area contributed by atoms with Gasteiger partial charge in [-0.1, -0.05) is 24.8 Å². The molecular formula is C14H15NO4. The molecule has 1 aromatic rings. The van der Waals surface area contributed by atoms with Gasteiger partial charge in [-0.05, 0) is 12.1 Å². The average Bonchev–Trinajstić information content (AvgIpc) is 2.79. The van der Waals surface area contributed by atoms with E-state index in [0.29, 0.717) is 18.0 Å². The number of carboxylic acids is 1. The van der Waals surface area contributed by atoms with Crippen LogP contribution in [0.4, 0.5) is 5.69 Å². The lowest BCUT2D eigenvalue weighted by Crippen LogP contribution is -2.26. The van der Waals surface area contributed by atoms with Gasteiger partial charge in [0.15, 0.2) is 0 Å². The summed E-state index contributed by atoms with van der Waals surface area (Å²) in [4.78, 5) is 24.3. The van der Waals surface area contributed by atoms with Crippen molar-refractivity contribution in [1.29, 1.82) is 0 Å². The molecule has 19 heavy (non-hydrogen) atoms. The van der Waals surface area contributed by atoms with Crippen LogP contribution in [0.2, 0.25) is 0 Å². The number of hydrogen-bond donors (Lipinski definition) is 1. The van der Waals surface area contributed by atoms with E-state index in [0.717, 1.165) is 0 Å². The second-order valence-electron chi connectivity index (χ2n) is 4.31. The van der Waals surface area contributed by atoms with E-state index < -0.39 is 11.9 Å². The summed E-state index contributed by atoms with van der Waals surface area (Å²) in [6.45, 7) is 4.09. The Morgan fingerprint density at radius 3 is 2.89 bits per heavy atom. The number of rotatable bonds is 5. The highest BCUT2D eigenvalue weighted by Crippen LogP contribution is 2.33. The third kappa shape index (κ3) is 2.76. The summed E-state index contributed by atoms with van der Waals surface area (Å²) in [5.74, 6) is -1.23. The van der Waals surface area contributed by atoms with Crippen molar-refractivity contribution in [3.05, 3.63) is 36.9 Å². The van der Waals surface area contributed by atoms with Gasteiger partial charge in [0.05, 0.1) is 11.6 Å². The molecule has 1 N–H and O–H groups in total. The first-order valence-corrected chi connectivity index (χ1v) is 5.99. The standard InChI is InChI=1S/C14H15NO4/c1-2-7-19-12-6-4-3-5-11(12)15-9-10(14(17)18)8-13(15)16/h2-6,10H,1,7-9H2,(H,17,18). The minimum atomic E-state index is -0.944. The highest BCUT2D eigenvalue weighted by Gasteiger charge is 2.36. The summed E-state index contributed by atoms with van der Waals surface area (Å²) < 4.78 is 5.48. The second kappa shape index (κ2) is 5.56. The fourth-order valence-corrected chi connectivity index (χ4v) is 2.06. The van der Waals surface area contributed by atoms with Crippen molar-refractivity contribution in [3.63, 3.8) is 0 Å². The van der Waals surface area contributed by atoms with Crippen molar-refractivity contribution >= 4 is 17.6 Å². The van der Waals surface area contributed by atoms with E-state index in [4.69, 9.17) is 9.84 Å². The predicted octanol–water partition coefficient (Wildman–Crippen LogP) is 1.69. The maximum absolute atomic E-state index is 11.9. The zero-order valence-electron chi connectivity index (χ0n) is 10.4. The highest BCUT2D eigenvalue weighted by molar-refractivity contribution is 6.00. The van der Waals surface area contributed by atoms with Crippen LogP contribution in [0.25, 0.3) is 0 Å². The van der Waals surface area contributed by atoms with E-state index in [2.05, 4.69) is 6.58 Å². The van der Waals surface area contributed by atoms with Gasteiger partial charge in [0, 0.05) is 13.0 Å². The first-order chi connectivity index (χ1) is 9.13. The summed E-state index contributed by atoms with van der Waals surface area (Å²) in [6.07, 6.45) is 1.65. The number of nitrogens with zero attached hydrogens (tertiary/aromatic N) is 1. The zero-order chi connectivity index (χ0) is 13.8. The Balaban J connectivity index is 2.24. The minimum absolute atomic E-state index is 0.0329. The van der Waals surface area contributed by atoms with Crippen LogP contribution in [0.15, 0.2) is 36.9 Å². The number of benzene rings is 1. The molecule has 0 aromatic heterocycles. The Labute approximate surface area is 111 Å². The molecule has 1 atom stereocenters. The van der Waals surface area contributed by atoms with E-state index in [-0.39, 0.29) is 18.9 Å². The summed E-state index contributed by atoms with van der Waals surface area (Å²) in [7, 11) is 0. The molecule has 1 aliphatic heterocycles. The maximum Gasteiger partial charge on any atom is 0.308 e. The molecule has 5 nitrogen and oxygen atoms in total. The fraction of sp³-hybridized carbons (Fsp3) is 0.286. The number of amides is 1. The van der Waals surface area contributed by atoms with Crippen LogP contribution in [-0.4, -0.2) is 30.1 Å². The third-order valence-electron chi connectivity index (χ3n) is 2.99. The van der Waals surface area contributed by atoms with E-state index >= 15 is 0 Å². The van der Waals surface area contributed by atoms with Crippen LogP contribution in [0, 0.1) is 5.92 Å². The Hall–Kier alpha value is -2.30. The van der Waals surface area contributed by atoms with Crippen LogP contribution in [0.1, 0.15) is 6.42 Å². The van der Waals surface area contributed by atoms with Gasteiger partial charge in [-0.15, -0.1) is 0 Å². The normalized spacial score (nSPS) is 18.4. The van der Waals surface area contributed by atoms with Crippen LogP contribution in [-0.2, 0) is 9.59 Å². The molecular weight excluding hydrogens is 246 g/mol. The summed E-state index contributed by atoms with van der Waals surface area (Å²) in [5.41, 5.74) is 0.609. The van der Waals surface area contributed by atoms with Gasteiger partial charge >= 0.3 is 5.97 Å². The maximum atomic E-state index is 11.9. The molecule has 0 saturated carbocycles. The number of aliphatic carboxylic acids is 1. The Kier molecular flexibility index (Phi) is 3.85. The lowest BCUT2D eigenvalue weighted by Gasteiger charge is -2.19. The summed E-state index contributed by atoms with van der Waals surface area (Å²) in [5, 5.41) is 8.98. The number of ether oxygens (including phenoxy) is 1. The van der Waals surface area contributed by atoms with Gasteiger partial charge in [-0.3, -0.25) is 9.59 Å². The van der Waals surface area contributed by atoms with Gasteiger partial charge in [-0.25, -0.2) is 0 Å². The molecule has 1 aliphatic rings. The van der Waals surface area contributed by atoms with Crippen molar-refractivity contribution in [2.75, 3.05) is 18.1 Å². The highest BCUT2D eigenvalue weighted by atomic mass is 16.5. The molecule has 0 radical (unpaired) electrons. The quantitative estimate of drug-likeness (QED) is 0.819. The summed E-state index contributed by atoms with van der Waals surface area (Å²) in [6, 6.07) is 7.09. The minimum Gasteiger partial charge on any atom is -0.487 e. The largest absolute Gasteiger partial charge is 0.487 e. The first kappa shape index (κ1) is 13.1. The number of carbonyl (C=O) groups is 2. The molecule has 1 saturated heterocycles. The zero-order valence-corrected chi connectivity index (χ0v) is 10.4. The average molecular weight is 261 g/mol. The summed E-state index contributed by atoms with van der Waals surface area (Å²) >= 11 is 0. The third-order valence-corrected chi connectivity index (χ3v) is 2.99. The van der Waals surface area contributed by atoms with Gasteiger partial charge in [0.1, 0.15) is 12.4 Å². The molecule has 2 rings (SSSR count). The van der Waals surface area contributed by atoms with E-state index in [1.54, 1.807) is 30.3 Å². The van der Waals surface area contributed by atoms with Crippen molar-refractivity contribution in [3.8, 4) is 5.75 Å². The van der Waals surface area contributed by atoms with Crippen molar-refractivity contribution in [2.24, 2.45) is 5.92 Å². The molecule has 1 unspecified atom stereocenters. The fourth-order valence-electron chi connectivity index (χ4n) is 2.06. The molecule has 1 amide bonds. The molecule has 5 heteroatoms. The van der Waals surface area contributed by atoms with Crippen LogP contribution in [0.3, 0.4) is 0 Å². The number of carbonyl (C=O) groups excluding carboxylic acids is 1. The Morgan fingerprint density at radius 2 is 2.26 bits per heavy atom. The number of anilines is 1. The van der Waals surface area contributed by atoms with Crippen molar-refractivity contribution < 1.29 is 19.4 Å². The van der Waals surface area contributed by atoms with Crippen LogP contribution >= 0.6 is 0 Å². The van der Waals surface area contributed by atoms with Crippen molar-refractivity contribution in [2.45, 2.75) is 6.42 Å². The molecule has 0 aliphatic carbocycles. The monoisotopic (exact) mass is 261 g/mol. The SMILES string of the molecule is C=CCOc1ccccc1N1CC(C(=O)O)CC1=O. The number of hydrogen-bond acceptors (Lipinski definition) is 3. The number of para-hydroxylation sites is 2. The molecule has 1 fully saturated rings. The first-order valence-electron chi connectivity index (χ1n) is 5.99. The van der Waals surface area contributed by atoms with Gasteiger partial charge in [0.25, 0.3) is 0 Å². The van der Waals surface area contributed by atoms with Crippen LogP contribution < -0.4 is 9.64 Å². The van der Waals surface area contributed by atoms with Gasteiger partial charge < -0.3 is 14.7 Å². The smallest absolute Gasteiger partial charge is 0.308 e. The van der Waals surface area contributed by atoms with Crippen molar-refractivity contribution in [1.82, 2.24) is 0 Å². The van der Waals surface area contributed by atoms with E-state index in [1.165, 1.54) is 4.90 Å². The van der Waals surface area contributed by atoms with Crippen LogP contribution in [0.5, 0.6) is 5.75 Å². The molecule has 0 bridgehead atoms. The number of carboxylic acid groups (broad SMARTS) is 1. The topological polar surface area (TPSA) is 66.8 Å². The van der Waals surface area contributed by atoms with E-state index in [1.807, 2.05) is 0 Å².